The second-order valence-electron chi connectivity index (χ2n) is 8.40. The quantitative estimate of drug-likeness (QED) is 0.491. The Balaban J connectivity index is 1.28. The molecule has 2 heterocycles. The fourth-order valence-electron chi connectivity index (χ4n) is 4.30. The Kier molecular flexibility index (Phi) is 7.98. The lowest BCUT2D eigenvalue weighted by Gasteiger charge is -2.31. The van der Waals surface area contributed by atoms with E-state index < -0.39 is 0 Å². The fourth-order valence-corrected chi connectivity index (χ4v) is 4.30. The lowest BCUT2D eigenvalue weighted by Crippen LogP contribution is -2.40. The van der Waals surface area contributed by atoms with Gasteiger partial charge >= 0.3 is 0 Å². The van der Waals surface area contributed by atoms with E-state index in [0.717, 1.165) is 48.7 Å². The molecule has 2 aromatic carbocycles. The second kappa shape index (κ2) is 11.5. The van der Waals surface area contributed by atoms with Gasteiger partial charge in [0.15, 0.2) is 5.76 Å². The molecule has 0 bridgehead atoms. The van der Waals surface area contributed by atoms with E-state index in [0.29, 0.717) is 37.2 Å². The summed E-state index contributed by atoms with van der Waals surface area (Å²) in [5, 5.41) is 10.7. The van der Waals surface area contributed by atoms with Crippen LogP contribution in [0.15, 0.2) is 65.2 Å². The van der Waals surface area contributed by atoms with Gasteiger partial charge in [-0.1, -0.05) is 41.6 Å². The highest BCUT2D eigenvalue weighted by Gasteiger charge is 2.28. The molecule has 2 atom stereocenters. The molecule has 7 heteroatoms. The Labute approximate surface area is 194 Å². The Hall–Kier alpha value is -3.32. The highest BCUT2D eigenvalue weighted by molar-refractivity contribution is 5.76. The summed E-state index contributed by atoms with van der Waals surface area (Å²) < 4.78 is 16.6. The van der Waals surface area contributed by atoms with Crippen molar-refractivity contribution >= 4 is 5.91 Å². The summed E-state index contributed by atoms with van der Waals surface area (Å²) in [5.41, 5.74) is 1.87. The number of benzene rings is 2. The number of hydrogen-bond donors (Lipinski definition) is 2. The van der Waals surface area contributed by atoms with E-state index in [-0.39, 0.29) is 5.91 Å². The second-order valence-corrected chi connectivity index (χ2v) is 8.40. The van der Waals surface area contributed by atoms with Crippen LogP contribution < -0.4 is 20.1 Å². The van der Waals surface area contributed by atoms with Gasteiger partial charge in [0, 0.05) is 24.6 Å². The zero-order valence-corrected chi connectivity index (χ0v) is 19.0. The van der Waals surface area contributed by atoms with Crippen LogP contribution in [0.4, 0.5) is 0 Å². The van der Waals surface area contributed by atoms with Crippen LogP contribution in [0, 0.1) is 11.8 Å². The zero-order valence-electron chi connectivity index (χ0n) is 19.0. The number of rotatable bonds is 10. The van der Waals surface area contributed by atoms with E-state index >= 15 is 0 Å². The molecule has 0 spiro atoms. The monoisotopic (exact) mass is 449 g/mol. The molecule has 1 aromatic heterocycles. The number of carbonyl (C=O) groups is 1. The molecule has 7 nitrogen and oxygen atoms in total. The van der Waals surface area contributed by atoms with Crippen LogP contribution in [0.25, 0.3) is 0 Å². The van der Waals surface area contributed by atoms with Gasteiger partial charge in [-0.25, -0.2) is 0 Å². The number of ether oxygens (including phenoxy) is 2. The van der Waals surface area contributed by atoms with E-state index in [4.69, 9.17) is 14.0 Å². The average molecular weight is 450 g/mol. The van der Waals surface area contributed by atoms with Gasteiger partial charge in [0.05, 0.1) is 12.8 Å². The maximum absolute atomic E-state index is 12.7. The van der Waals surface area contributed by atoms with Crippen molar-refractivity contribution < 1.29 is 18.8 Å². The molecule has 1 amide bonds. The standard InChI is InChI=1S/C26H31N3O4/c1-31-25-10-6-5-7-20(25)17-28-26(30)14-19-11-12-27-16-21(19)13-22-15-24(33-29-22)18-32-23-8-3-2-4-9-23/h2-10,15,19,21,27H,11-14,16-18H2,1H3,(H,28,30). The van der Waals surface area contributed by atoms with Gasteiger partial charge < -0.3 is 24.6 Å². The molecule has 2 N–H and O–H groups in total. The number of amides is 1. The summed E-state index contributed by atoms with van der Waals surface area (Å²) in [6.45, 7) is 2.60. The molecule has 174 valence electrons. The molecule has 0 aliphatic carbocycles. The van der Waals surface area contributed by atoms with Crippen molar-refractivity contribution in [3.8, 4) is 11.5 Å². The fraction of sp³-hybridized carbons (Fsp3) is 0.385. The highest BCUT2D eigenvalue weighted by Crippen LogP contribution is 2.27. The zero-order chi connectivity index (χ0) is 22.9. The number of piperidine rings is 1. The number of hydrogen-bond acceptors (Lipinski definition) is 6. The van der Waals surface area contributed by atoms with Crippen molar-refractivity contribution in [3.63, 3.8) is 0 Å². The van der Waals surface area contributed by atoms with E-state index in [9.17, 15) is 4.79 Å². The van der Waals surface area contributed by atoms with Crippen LogP contribution >= 0.6 is 0 Å². The Morgan fingerprint density at radius 1 is 1.15 bits per heavy atom. The van der Waals surface area contributed by atoms with Crippen molar-refractivity contribution in [2.75, 3.05) is 20.2 Å². The summed E-state index contributed by atoms with van der Waals surface area (Å²) in [5.74, 6) is 2.97. The van der Waals surface area contributed by atoms with Crippen molar-refractivity contribution in [2.45, 2.75) is 32.4 Å². The summed E-state index contributed by atoms with van der Waals surface area (Å²) in [7, 11) is 1.64. The minimum Gasteiger partial charge on any atom is -0.496 e. The molecule has 1 fully saturated rings. The summed E-state index contributed by atoms with van der Waals surface area (Å²) >= 11 is 0. The summed E-state index contributed by atoms with van der Waals surface area (Å²) in [6.07, 6.45) is 2.24. The number of methoxy groups -OCH3 is 1. The summed E-state index contributed by atoms with van der Waals surface area (Å²) in [4.78, 5) is 12.7. The smallest absolute Gasteiger partial charge is 0.220 e. The van der Waals surface area contributed by atoms with Crippen molar-refractivity contribution in [3.05, 3.63) is 77.7 Å². The number of nitrogens with one attached hydrogen (secondary N) is 2. The molecule has 1 aliphatic heterocycles. The molecule has 0 saturated carbocycles. The molecule has 3 aromatic rings. The summed E-state index contributed by atoms with van der Waals surface area (Å²) in [6, 6.07) is 19.3. The van der Waals surface area contributed by atoms with Gasteiger partial charge in [-0.3, -0.25) is 4.79 Å². The average Bonchev–Trinajstić information content (AvgIpc) is 3.31. The van der Waals surface area contributed by atoms with Crippen LogP contribution in [0.5, 0.6) is 11.5 Å². The molecule has 1 saturated heterocycles. The predicted molar refractivity (Wildman–Crippen MR) is 125 cm³/mol. The van der Waals surface area contributed by atoms with Crippen molar-refractivity contribution in [1.82, 2.24) is 15.8 Å². The Morgan fingerprint density at radius 3 is 2.82 bits per heavy atom. The van der Waals surface area contributed by atoms with E-state index in [1.165, 1.54) is 0 Å². The van der Waals surface area contributed by atoms with E-state index in [1.807, 2.05) is 60.7 Å². The lowest BCUT2D eigenvalue weighted by molar-refractivity contribution is -0.122. The van der Waals surface area contributed by atoms with Crippen LogP contribution in [-0.2, 0) is 24.4 Å². The number of carbonyl (C=O) groups excluding carboxylic acids is 1. The number of aromatic nitrogens is 1. The first kappa shape index (κ1) is 22.9. The van der Waals surface area contributed by atoms with Gasteiger partial charge in [0.1, 0.15) is 18.1 Å². The van der Waals surface area contributed by atoms with Crippen LogP contribution in [0.3, 0.4) is 0 Å². The Bertz CT molecular complexity index is 1020. The first-order valence-electron chi connectivity index (χ1n) is 11.4. The van der Waals surface area contributed by atoms with Gasteiger partial charge in [0.25, 0.3) is 0 Å². The SMILES string of the molecule is COc1ccccc1CNC(=O)CC1CCNCC1Cc1cc(COc2ccccc2)on1. The molecule has 0 radical (unpaired) electrons. The number of nitrogens with zero attached hydrogens (tertiary/aromatic N) is 1. The third-order valence-corrected chi connectivity index (χ3v) is 6.08. The first-order valence-corrected chi connectivity index (χ1v) is 11.4. The van der Waals surface area contributed by atoms with Gasteiger partial charge in [-0.15, -0.1) is 0 Å². The van der Waals surface area contributed by atoms with Crippen LogP contribution in [0.2, 0.25) is 0 Å². The molecular weight excluding hydrogens is 418 g/mol. The molecule has 1 aliphatic rings. The van der Waals surface area contributed by atoms with Crippen LogP contribution in [0.1, 0.15) is 29.9 Å². The number of para-hydroxylation sites is 2. The Morgan fingerprint density at radius 2 is 1.97 bits per heavy atom. The topological polar surface area (TPSA) is 85.6 Å². The van der Waals surface area contributed by atoms with Gasteiger partial charge in [-0.2, -0.15) is 0 Å². The minimum atomic E-state index is 0.0647. The minimum absolute atomic E-state index is 0.0647. The molecule has 2 unspecified atom stereocenters. The van der Waals surface area contributed by atoms with E-state index in [1.54, 1.807) is 7.11 Å². The van der Waals surface area contributed by atoms with E-state index in [2.05, 4.69) is 15.8 Å². The first-order chi connectivity index (χ1) is 16.2. The highest BCUT2D eigenvalue weighted by atomic mass is 16.5. The largest absolute Gasteiger partial charge is 0.496 e. The van der Waals surface area contributed by atoms with Gasteiger partial charge in [-0.05, 0) is 56.0 Å². The van der Waals surface area contributed by atoms with Gasteiger partial charge in [0.2, 0.25) is 5.91 Å². The predicted octanol–water partition coefficient (Wildman–Crippen LogP) is 3.74. The third kappa shape index (κ3) is 6.58. The lowest BCUT2D eigenvalue weighted by atomic mass is 9.81. The van der Waals surface area contributed by atoms with Crippen molar-refractivity contribution in [1.29, 1.82) is 0 Å². The molecular formula is C26H31N3O4. The maximum atomic E-state index is 12.7. The third-order valence-electron chi connectivity index (χ3n) is 6.08. The van der Waals surface area contributed by atoms with Crippen LogP contribution in [-0.4, -0.2) is 31.3 Å². The maximum Gasteiger partial charge on any atom is 0.220 e. The normalized spacial score (nSPS) is 18.0. The van der Waals surface area contributed by atoms with Crippen molar-refractivity contribution in [2.24, 2.45) is 11.8 Å². The molecule has 4 rings (SSSR count). The molecule has 33 heavy (non-hydrogen) atoms.